The van der Waals surface area contributed by atoms with E-state index < -0.39 is 5.97 Å². The highest BCUT2D eigenvalue weighted by molar-refractivity contribution is 5.88. The molecule has 20 heavy (non-hydrogen) atoms. The second kappa shape index (κ2) is 4.94. The summed E-state index contributed by atoms with van der Waals surface area (Å²) in [6, 6.07) is 14.5. The standard InChI is InChI=1S/C17H11NO2/c19-17(20)15-3-1-2-12(11-15)4-5-13-6-7-16-14(10-13)8-9-18-16/h1-3,6-11,18H,(H,19,20). The summed E-state index contributed by atoms with van der Waals surface area (Å²) in [6.07, 6.45) is 1.89. The van der Waals surface area contributed by atoms with E-state index >= 15 is 0 Å². The zero-order valence-corrected chi connectivity index (χ0v) is 10.6. The van der Waals surface area contributed by atoms with Crippen molar-refractivity contribution >= 4 is 16.9 Å². The highest BCUT2D eigenvalue weighted by Crippen LogP contribution is 2.13. The first-order chi connectivity index (χ1) is 9.72. The van der Waals surface area contributed by atoms with Gasteiger partial charge in [0.15, 0.2) is 0 Å². The van der Waals surface area contributed by atoms with Gasteiger partial charge in [-0.05, 0) is 42.5 Å². The monoisotopic (exact) mass is 261 g/mol. The van der Waals surface area contributed by atoms with Crippen LogP contribution in [0.25, 0.3) is 10.9 Å². The SMILES string of the molecule is O=C(O)c1cccc(C#Cc2ccc3[nH]ccc3c2)c1. The fourth-order valence-electron chi connectivity index (χ4n) is 2.01. The van der Waals surface area contributed by atoms with Gasteiger partial charge in [-0.25, -0.2) is 4.79 Å². The summed E-state index contributed by atoms with van der Waals surface area (Å²) >= 11 is 0. The van der Waals surface area contributed by atoms with Crippen LogP contribution in [0.1, 0.15) is 21.5 Å². The lowest BCUT2D eigenvalue weighted by molar-refractivity contribution is 0.0697. The minimum Gasteiger partial charge on any atom is -0.478 e. The Morgan fingerprint density at radius 1 is 1.00 bits per heavy atom. The highest BCUT2D eigenvalue weighted by Gasteiger charge is 2.01. The molecule has 0 aliphatic carbocycles. The zero-order valence-electron chi connectivity index (χ0n) is 10.6. The van der Waals surface area contributed by atoms with Gasteiger partial charge in [-0.2, -0.15) is 0 Å². The largest absolute Gasteiger partial charge is 0.478 e. The van der Waals surface area contributed by atoms with Crippen LogP contribution in [-0.2, 0) is 0 Å². The molecule has 0 aliphatic rings. The Labute approximate surface area is 115 Å². The third-order valence-electron chi connectivity index (χ3n) is 3.01. The quantitative estimate of drug-likeness (QED) is 0.660. The number of aromatic carboxylic acids is 1. The summed E-state index contributed by atoms with van der Waals surface area (Å²) in [5.41, 5.74) is 2.92. The van der Waals surface area contributed by atoms with Crippen LogP contribution >= 0.6 is 0 Å². The molecular weight excluding hydrogens is 250 g/mol. The topological polar surface area (TPSA) is 53.1 Å². The van der Waals surface area contributed by atoms with Gasteiger partial charge in [0.25, 0.3) is 0 Å². The molecule has 0 atom stereocenters. The van der Waals surface area contributed by atoms with Crippen molar-refractivity contribution in [2.24, 2.45) is 0 Å². The average Bonchev–Trinajstić information content (AvgIpc) is 2.93. The summed E-state index contributed by atoms with van der Waals surface area (Å²) in [7, 11) is 0. The van der Waals surface area contributed by atoms with E-state index in [1.54, 1.807) is 24.3 Å². The average molecular weight is 261 g/mol. The second-order valence-corrected chi connectivity index (χ2v) is 4.42. The lowest BCUT2D eigenvalue weighted by Gasteiger charge is -1.95. The molecule has 0 bridgehead atoms. The molecule has 3 heteroatoms. The first-order valence-electron chi connectivity index (χ1n) is 6.15. The number of aromatic nitrogens is 1. The van der Waals surface area contributed by atoms with Gasteiger partial charge in [-0.15, -0.1) is 0 Å². The lowest BCUT2D eigenvalue weighted by Crippen LogP contribution is -1.95. The van der Waals surface area contributed by atoms with E-state index in [9.17, 15) is 4.79 Å². The number of hydrogen-bond acceptors (Lipinski definition) is 1. The van der Waals surface area contributed by atoms with Crippen molar-refractivity contribution < 1.29 is 9.90 Å². The Morgan fingerprint density at radius 3 is 2.60 bits per heavy atom. The predicted octanol–water partition coefficient (Wildman–Crippen LogP) is 3.27. The number of carboxylic acids is 1. The van der Waals surface area contributed by atoms with Gasteiger partial charge >= 0.3 is 5.97 Å². The van der Waals surface area contributed by atoms with Crippen LogP contribution in [0.4, 0.5) is 0 Å². The van der Waals surface area contributed by atoms with Crippen molar-refractivity contribution in [1.82, 2.24) is 4.98 Å². The zero-order chi connectivity index (χ0) is 13.9. The number of H-pyrrole nitrogens is 1. The van der Waals surface area contributed by atoms with Gasteiger partial charge in [0.2, 0.25) is 0 Å². The molecule has 0 amide bonds. The van der Waals surface area contributed by atoms with E-state index in [1.807, 2.05) is 30.5 Å². The van der Waals surface area contributed by atoms with Gasteiger partial charge in [-0.1, -0.05) is 17.9 Å². The molecule has 1 heterocycles. The number of carbonyl (C=O) groups is 1. The molecule has 3 nitrogen and oxygen atoms in total. The lowest BCUT2D eigenvalue weighted by atomic mass is 10.1. The smallest absolute Gasteiger partial charge is 0.335 e. The molecule has 0 spiro atoms. The molecule has 0 saturated carbocycles. The normalized spacial score (nSPS) is 10.0. The minimum absolute atomic E-state index is 0.248. The van der Waals surface area contributed by atoms with Gasteiger partial charge in [0.05, 0.1) is 5.56 Å². The maximum atomic E-state index is 10.9. The van der Waals surface area contributed by atoms with Crippen molar-refractivity contribution in [2.75, 3.05) is 0 Å². The van der Waals surface area contributed by atoms with Crippen molar-refractivity contribution in [3.05, 3.63) is 71.4 Å². The Balaban J connectivity index is 1.94. The van der Waals surface area contributed by atoms with E-state index in [1.165, 1.54) is 0 Å². The van der Waals surface area contributed by atoms with Crippen molar-refractivity contribution in [1.29, 1.82) is 0 Å². The number of aromatic amines is 1. The van der Waals surface area contributed by atoms with Crippen molar-refractivity contribution in [2.45, 2.75) is 0 Å². The Morgan fingerprint density at radius 2 is 1.80 bits per heavy atom. The van der Waals surface area contributed by atoms with Crippen LogP contribution < -0.4 is 0 Å². The number of rotatable bonds is 1. The van der Waals surface area contributed by atoms with Crippen LogP contribution in [0.2, 0.25) is 0 Å². The predicted molar refractivity (Wildman–Crippen MR) is 77.7 cm³/mol. The van der Waals surface area contributed by atoms with Crippen molar-refractivity contribution in [3.8, 4) is 11.8 Å². The van der Waals surface area contributed by atoms with Crippen LogP contribution in [0.15, 0.2) is 54.7 Å². The number of fused-ring (bicyclic) bond motifs is 1. The van der Waals surface area contributed by atoms with Crippen LogP contribution in [-0.4, -0.2) is 16.1 Å². The van der Waals surface area contributed by atoms with Crippen LogP contribution in [0.3, 0.4) is 0 Å². The third kappa shape index (κ3) is 2.40. The summed E-state index contributed by atoms with van der Waals surface area (Å²) in [5, 5.41) is 10.0. The molecule has 0 saturated heterocycles. The molecule has 2 N–H and O–H groups in total. The molecule has 0 aliphatic heterocycles. The van der Waals surface area contributed by atoms with Gasteiger partial charge < -0.3 is 10.1 Å². The van der Waals surface area contributed by atoms with Gasteiger partial charge in [0.1, 0.15) is 0 Å². The van der Waals surface area contributed by atoms with Gasteiger partial charge in [0, 0.05) is 28.2 Å². The summed E-state index contributed by atoms with van der Waals surface area (Å²) in [4.78, 5) is 14.0. The molecule has 3 aromatic rings. The van der Waals surface area contributed by atoms with E-state index in [4.69, 9.17) is 5.11 Å². The first kappa shape index (κ1) is 12.1. The summed E-state index contributed by atoms with van der Waals surface area (Å²) in [6.45, 7) is 0. The third-order valence-corrected chi connectivity index (χ3v) is 3.01. The molecule has 1 aromatic heterocycles. The molecule has 0 fully saturated rings. The Hall–Kier alpha value is -2.99. The number of hydrogen-bond donors (Lipinski definition) is 2. The molecular formula is C17H11NO2. The fraction of sp³-hybridized carbons (Fsp3) is 0. The number of nitrogens with one attached hydrogen (secondary N) is 1. The summed E-state index contributed by atoms with van der Waals surface area (Å²) < 4.78 is 0. The maximum absolute atomic E-state index is 10.9. The van der Waals surface area contributed by atoms with Crippen LogP contribution in [0.5, 0.6) is 0 Å². The highest BCUT2D eigenvalue weighted by atomic mass is 16.4. The van der Waals surface area contributed by atoms with E-state index in [-0.39, 0.29) is 5.56 Å². The molecule has 3 rings (SSSR count). The molecule has 2 aromatic carbocycles. The number of benzene rings is 2. The Bertz CT molecular complexity index is 850. The van der Waals surface area contributed by atoms with E-state index in [0.29, 0.717) is 5.56 Å². The first-order valence-corrected chi connectivity index (χ1v) is 6.15. The van der Waals surface area contributed by atoms with E-state index in [0.717, 1.165) is 16.5 Å². The summed E-state index contributed by atoms with van der Waals surface area (Å²) in [5.74, 6) is 5.10. The molecule has 0 radical (unpaired) electrons. The van der Waals surface area contributed by atoms with Crippen LogP contribution in [0, 0.1) is 11.8 Å². The molecule has 0 unspecified atom stereocenters. The second-order valence-electron chi connectivity index (χ2n) is 4.42. The van der Waals surface area contributed by atoms with Crippen molar-refractivity contribution in [3.63, 3.8) is 0 Å². The maximum Gasteiger partial charge on any atom is 0.335 e. The Kier molecular flexibility index (Phi) is 2.98. The fourth-order valence-corrected chi connectivity index (χ4v) is 2.01. The van der Waals surface area contributed by atoms with Gasteiger partial charge in [-0.3, -0.25) is 0 Å². The minimum atomic E-state index is -0.942. The van der Waals surface area contributed by atoms with E-state index in [2.05, 4.69) is 16.8 Å². The number of carboxylic acid groups (broad SMARTS) is 1. The molecule has 96 valence electrons.